The van der Waals surface area contributed by atoms with E-state index in [9.17, 15) is 0 Å². The molecule has 0 spiro atoms. The van der Waals surface area contributed by atoms with Crippen LogP contribution in [0.3, 0.4) is 0 Å². The Morgan fingerprint density at radius 2 is 1.90 bits per heavy atom. The first-order valence-electron chi connectivity index (χ1n) is 6.82. The number of nitrogens with zero attached hydrogens (tertiary/aromatic N) is 3. The number of rotatable bonds is 2. The zero-order valence-electron chi connectivity index (χ0n) is 11.2. The monoisotopic (exact) mass is 332 g/mol. The van der Waals surface area contributed by atoms with Gasteiger partial charge in [0.1, 0.15) is 0 Å². The van der Waals surface area contributed by atoms with Gasteiger partial charge in [-0.25, -0.2) is 0 Å². The van der Waals surface area contributed by atoms with Crippen molar-refractivity contribution in [3.8, 4) is 11.3 Å². The lowest BCUT2D eigenvalue weighted by Crippen LogP contribution is -2.40. The molecule has 0 bridgehead atoms. The number of aromatic nitrogens is 2. The topological polar surface area (TPSA) is 55.0 Å². The second kappa shape index (κ2) is 5.89. The fraction of sp³-hybridized carbons (Fsp3) is 0.333. The molecule has 0 amide bonds. The van der Waals surface area contributed by atoms with E-state index in [0.717, 1.165) is 47.5 Å². The normalized spacial score (nSPS) is 16.4. The van der Waals surface area contributed by atoms with Crippen LogP contribution < -0.4 is 10.6 Å². The predicted octanol–water partition coefficient (Wildman–Crippen LogP) is 2.83. The van der Waals surface area contributed by atoms with Crippen molar-refractivity contribution in [1.29, 1.82) is 0 Å². The van der Waals surface area contributed by atoms with Crippen molar-refractivity contribution in [2.45, 2.75) is 18.9 Å². The van der Waals surface area contributed by atoms with Gasteiger partial charge < -0.3 is 10.6 Å². The van der Waals surface area contributed by atoms with Gasteiger partial charge in [0.25, 0.3) is 0 Å². The molecular weight excluding hydrogens is 316 g/mol. The minimum atomic E-state index is 0.333. The van der Waals surface area contributed by atoms with Crippen LogP contribution in [0.25, 0.3) is 11.3 Å². The van der Waals surface area contributed by atoms with E-state index in [-0.39, 0.29) is 0 Å². The smallest absolute Gasteiger partial charge is 0.151 e. The van der Waals surface area contributed by atoms with Gasteiger partial charge in [-0.3, -0.25) is 0 Å². The van der Waals surface area contributed by atoms with Crippen LogP contribution in [0.2, 0.25) is 0 Å². The highest BCUT2D eigenvalue weighted by Gasteiger charge is 2.17. The van der Waals surface area contributed by atoms with E-state index in [1.165, 1.54) is 0 Å². The summed E-state index contributed by atoms with van der Waals surface area (Å²) in [5.41, 5.74) is 7.88. The molecule has 0 aliphatic carbocycles. The third-order valence-electron chi connectivity index (χ3n) is 3.63. The van der Waals surface area contributed by atoms with Gasteiger partial charge in [-0.15, -0.1) is 10.2 Å². The Morgan fingerprint density at radius 1 is 1.10 bits per heavy atom. The maximum Gasteiger partial charge on any atom is 0.151 e. The van der Waals surface area contributed by atoms with Crippen molar-refractivity contribution < 1.29 is 0 Å². The highest BCUT2D eigenvalue weighted by Crippen LogP contribution is 2.23. The first-order chi connectivity index (χ1) is 9.72. The molecule has 0 atom stereocenters. The summed E-state index contributed by atoms with van der Waals surface area (Å²) in [7, 11) is 0. The van der Waals surface area contributed by atoms with Gasteiger partial charge in [0, 0.05) is 29.2 Å². The molecule has 1 saturated heterocycles. The van der Waals surface area contributed by atoms with Crippen LogP contribution in [0.1, 0.15) is 12.8 Å². The van der Waals surface area contributed by atoms with Crippen molar-refractivity contribution in [2.24, 2.45) is 5.73 Å². The van der Waals surface area contributed by atoms with Crippen LogP contribution in [0.15, 0.2) is 40.9 Å². The second-order valence-electron chi connectivity index (χ2n) is 5.11. The number of nitrogens with two attached hydrogens (primary N) is 1. The second-order valence-corrected chi connectivity index (χ2v) is 6.03. The molecule has 0 unspecified atom stereocenters. The third kappa shape index (κ3) is 2.99. The molecule has 1 aromatic heterocycles. The molecule has 4 nitrogen and oxygen atoms in total. The van der Waals surface area contributed by atoms with Crippen LogP contribution in [-0.4, -0.2) is 29.3 Å². The van der Waals surface area contributed by atoms with Crippen LogP contribution >= 0.6 is 15.9 Å². The van der Waals surface area contributed by atoms with Crippen molar-refractivity contribution in [2.75, 3.05) is 18.0 Å². The highest BCUT2D eigenvalue weighted by atomic mass is 79.9. The Kier molecular flexibility index (Phi) is 3.98. The molecule has 2 heterocycles. The molecule has 1 aromatic carbocycles. The molecule has 20 heavy (non-hydrogen) atoms. The maximum absolute atomic E-state index is 5.92. The number of piperidine rings is 1. The summed E-state index contributed by atoms with van der Waals surface area (Å²) >= 11 is 3.47. The molecule has 2 N–H and O–H groups in total. The molecule has 0 saturated carbocycles. The minimum absolute atomic E-state index is 0.333. The summed E-state index contributed by atoms with van der Waals surface area (Å²) in [4.78, 5) is 2.25. The van der Waals surface area contributed by atoms with Gasteiger partial charge in [-0.2, -0.15) is 0 Å². The van der Waals surface area contributed by atoms with Gasteiger partial charge >= 0.3 is 0 Å². The molecule has 1 aliphatic rings. The molecule has 1 aliphatic heterocycles. The van der Waals surface area contributed by atoms with Gasteiger partial charge in [-0.05, 0) is 37.1 Å². The summed E-state index contributed by atoms with van der Waals surface area (Å²) in [5, 5.41) is 8.69. The summed E-state index contributed by atoms with van der Waals surface area (Å²) in [6, 6.07) is 12.5. The van der Waals surface area contributed by atoms with Gasteiger partial charge in [-0.1, -0.05) is 28.1 Å². The van der Waals surface area contributed by atoms with E-state index in [1.807, 2.05) is 36.4 Å². The van der Waals surface area contributed by atoms with Crippen LogP contribution in [-0.2, 0) is 0 Å². The molecule has 5 heteroatoms. The molecule has 104 valence electrons. The predicted molar refractivity (Wildman–Crippen MR) is 84.6 cm³/mol. The first kappa shape index (κ1) is 13.5. The molecular formula is C15H17BrN4. The molecule has 0 radical (unpaired) electrons. The van der Waals surface area contributed by atoms with Crippen molar-refractivity contribution in [3.63, 3.8) is 0 Å². The average Bonchev–Trinajstić information content (AvgIpc) is 2.48. The zero-order valence-corrected chi connectivity index (χ0v) is 12.8. The number of benzene rings is 1. The standard InChI is InChI=1S/C15H17BrN4/c16-12-3-1-2-11(10-12)14-4-5-15(19-18-14)20-8-6-13(17)7-9-20/h1-5,10,13H,6-9,17H2. The van der Waals surface area contributed by atoms with Gasteiger partial charge in [0.2, 0.25) is 0 Å². The van der Waals surface area contributed by atoms with Gasteiger partial charge in [0.05, 0.1) is 5.69 Å². The lowest BCUT2D eigenvalue weighted by atomic mass is 10.1. The number of hydrogen-bond acceptors (Lipinski definition) is 4. The fourth-order valence-corrected chi connectivity index (χ4v) is 2.82. The molecule has 1 fully saturated rings. The first-order valence-corrected chi connectivity index (χ1v) is 7.62. The Hall–Kier alpha value is -1.46. The fourth-order valence-electron chi connectivity index (χ4n) is 2.42. The Balaban J connectivity index is 1.78. The Labute approximate surface area is 127 Å². The van der Waals surface area contributed by atoms with Crippen molar-refractivity contribution >= 4 is 21.7 Å². The van der Waals surface area contributed by atoms with Crippen LogP contribution in [0.5, 0.6) is 0 Å². The van der Waals surface area contributed by atoms with Crippen LogP contribution in [0, 0.1) is 0 Å². The summed E-state index contributed by atoms with van der Waals surface area (Å²) in [5.74, 6) is 0.940. The largest absolute Gasteiger partial charge is 0.355 e. The van der Waals surface area contributed by atoms with E-state index in [0.29, 0.717) is 6.04 Å². The number of halogens is 1. The van der Waals surface area contributed by atoms with E-state index in [1.54, 1.807) is 0 Å². The number of hydrogen-bond donors (Lipinski definition) is 1. The highest BCUT2D eigenvalue weighted by molar-refractivity contribution is 9.10. The van der Waals surface area contributed by atoms with Gasteiger partial charge in [0.15, 0.2) is 5.82 Å². The Morgan fingerprint density at radius 3 is 2.55 bits per heavy atom. The summed E-state index contributed by atoms with van der Waals surface area (Å²) < 4.78 is 1.05. The average molecular weight is 333 g/mol. The zero-order chi connectivity index (χ0) is 13.9. The van der Waals surface area contributed by atoms with E-state index in [4.69, 9.17) is 5.73 Å². The quantitative estimate of drug-likeness (QED) is 0.918. The van der Waals surface area contributed by atoms with Crippen LogP contribution in [0.4, 0.5) is 5.82 Å². The minimum Gasteiger partial charge on any atom is -0.355 e. The van der Waals surface area contributed by atoms with E-state index >= 15 is 0 Å². The molecule has 2 aromatic rings. The maximum atomic E-state index is 5.92. The van der Waals surface area contributed by atoms with E-state index in [2.05, 4.69) is 31.0 Å². The third-order valence-corrected chi connectivity index (χ3v) is 4.13. The SMILES string of the molecule is NC1CCN(c2ccc(-c3cccc(Br)c3)nn2)CC1. The molecule has 3 rings (SSSR count). The Bertz CT molecular complexity index is 577. The summed E-state index contributed by atoms with van der Waals surface area (Å²) in [6.45, 7) is 1.93. The van der Waals surface area contributed by atoms with Crippen molar-refractivity contribution in [1.82, 2.24) is 10.2 Å². The number of anilines is 1. The lowest BCUT2D eigenvalue weighted by Gasteiger charge is -2.30. The van der Waals surface area contributed by atoms with Crippen molar-refractivity contribution in [3.05, 3.63) is 40.9 Å². The summed E-state index contributed by atoms with van der Waals surface area (Å²) in [6.07, 6.45) is 2.05. The lowest BCUT2D eigenvalue weighted by molar-refractivity contribution is 0.497. The van der Waals surface area contributed by atoms with E-state index < -0.39 is 0 Å².